The zero-order valence-electron chi connectivity index (χ0n) is 11.3. The van der Waals surface area contributed by atoms with Crippen molar-refractivity contribution >= 4 is 11.8 Å². The fraction of sp³-hybridized carbons (Fsp3) is 1.00. The van der Waals surface area contributed by atoms with Gasteiger partial charge in [-0.25, -0.2) is 0 Å². The van der Waals surface area contributed by atoms with Crippen molar-refractivity contribution < 1.29 is 5.11 Å². The predicted molar refractivity (Wildman–Crippen MR) is 75.6 cm³/mol. The van der Waals surface area contributed by atoms with Crippen molar-refractivity contribution in [2.24, 2.45) is 5.41 Å². The second-order valence-corrected chi connectivity index (χ2v) is 7.49. The molecule has 1 saturated heterocycles. The Bertz CT molecular complexity index is 240. The van der Waals surface area contributed by atoms with E-state index in [0.717, 1.165) is 11.8 Å². The standard InChI is InChI=1S/C14H27NOS/c1-12-13(2)17-9-8-15(12)10-14(11-16)6-4-3-5-7-14/h12-13,16H,3-11H2,1-2H3. The lowest BCUT2D eigenvalue weighted by atomic mass is 9.74. The lowest BCUT2D eigenvalue weighted by Crippen LogP contribution is -2.51. The van der Waals surface area contributed by atoms with E-state index in [0.29, 0.717) is 12.6 Å². The molecule has 0 aromatic heterocycles. The second kappa shape index (κ2) is 5.94. The highest BCUT2D eigenvalue weighted by molar-refractivity contribution is 8.00. The molecule has 17 heavy (non-hydrogen) atoms. The predicted octanol–water partition coefficient (Wildman–Crippen LogP) is 2.76. The number of hydrogen-bond acceptors (Lipinski definition) is 3. The molecule has 3 heteroatoms. The molecule has 1 aliphatic carbocycles. The highest BCUT2D eigenvalue weighted by Crippen LogP contribution is 2.38. The summed E-state index contributed by atoms with van der Waals surface area (Å²) in [7, 11) is 0. The molecule has 0 bridgehead atoms. The van der Waals surface area contributed by atoms with Crippen LogP contribution < -0.4 is 0 Å². The smallest absolute Gasteiger partial charge is 0.0499 e. The molecule has 2 fully saturated rings. The fourth-order valence-electron chi connectivity index (χ4n) is 3.32. The first-order chi connectivity index (χ1) is 8.17. The first kappa shape index (κ1) is 13.7. The van der Waals surface area contributed by atoms with Gasteiger partial charge in [0.2, 0.25) is 0 Å². The molecule has 0 amide bonds. The van der Waals surface area contributed by atoms with Gasteiger partial charge in [0.25, 0.3) is 0 Å². The van der Waals surface area contributed by atoms with E-state index in [1.807, 2.05) is 0 Å². The maximum atomic E-state index is 9.79. The van der Waals surface area contributed by atoms with Crippen LogP contribution in [0.5, 0.6) is 0 Å². The number of rotatable bonds is 3. The molecule has 2 nitrogen and oxygen atoms in total. The first-order valence-electron chi connectivity index (χ1n) is 7.13. The van der Waals surface area contributed by atoms with Crippen LogP contribution in [-0.4, -0.2) is 46.7 Å². The molecule has 2 rings (SSSR count). The second-order valence-electron chi connectivity index (χ2n) is 6.01. The fourth-order valence-corrected chi connectivity index (χ4v) is 4.48. The zero-order valence-corrected chi connectivity index (χ0v) is 12.1. The molecular formula is C14H27NOS. The molecule has 2 unspecified atom stereocenters. The van der Waals surface area contributed by atoms with Crippen molar-refractivity contribution in [2.75, 3.05) is 25.4 Å². The van der Waals surface area contributed by atoms with Crippen LogP contribution in [0.2, 0.25) is 0 Å². The van der Waals surface area contributed by atoms with Gasteiger partial charge in [-0.05, 0) is 19.8 Å². The molecule has 0 spiro atoms. The van der Waals surface area contributed by atoms with Crippen molar-refractivity contribution in [3.8, 4) is 0 Å². The van der Waals surface area contributed by atoms with Gasteiger partial charge < -0.3 is 5.11 Å². The molecule has 1 saturated carbocycles. The summed E-state index contributed by atoms with van der Waals surface area (Å²) in [4.78, 5) is 2.63. The Balaban J connectivity index is 1.97. The molecule has 1 N–H and O–H groups in total. The number of aliphatic hydroxyl groups excluding tert-OH is 1. The molecule has 100 valence electrons. The van der Waals surface area contributed by atoms with Crippen molar-refractivity contribution in [1.82, 2.24) is 4.90 Å². The van der Waals surface area contributed by atoms with Gasteiger partial charge in [-0.1, -0.05) is 26.2 Å². The summed E-state index contributed by atoms with van der Waals surface area (Å²) in [5, 5.41) is 10.5. The molecule has 0 aromatic rings. The van der Waals surface area contributed by atoms with Gasteiger partial charge >= 0.3 is 0 Å². The largest absolute Gasteiger partial charge is 0.396 e. The van der Waals surface area contributed by atoms with E-state index < -0.39 is 0 Å². The van der Waals surface area contributed by atoms with Gasteiger partial charge in [0.1, 0.15) is 0 Å². The maximum absolute atomic E-state index is 9.79. The average Bonchev–Trinajstić information content (AvgIpc) is 2.36. The van der Waals surface area contributed by atoms with E-state index in [-0.39, 0.29) is 5.41 Å². The third kappa shape index (κ3) is 3.18. The van der Waals surface area contributed by atoms with Crippen LogP contribution >= 0.6 is 11.8 Å². The van der Waals surface area contributed by atoms with Crippen LogP contribution in [0.1, 0.15) is 46.0 Å². The molecular weight excluding hydrogens is 230 g/mol. The quantitative estimate of drug-likeness (QED) is 0.841. The third-order valence-corrected chi connectivity index (χ3v) is 6.14. The average molecular weight is 257 g/mol. The van der Waals surface area contributed by atoms with Crippen LogP contribution in [0.25, 0.3) is 0 Å². The Kier molecular flexibility index (Phi) is 4.79. The van der Waals surface area contributed by atoms with Gasteiger partial charge in [0, 0.05) is 42.2 Å². The van der Waals surface area contributed by atoms with E-state index >= 15 is 0 Å². The number of thioether (sulfide) groups is 1. The SMILES string of the molecule is CC1SCCN(CC2(CO)CCCCC2)C1C. The number of hydrogen-bond donors (Lipinski definition) is 1. The Labute approximate surface area is 110 Å². The summed E-state index contributed by atoms with van der Waals surface area (Å²) in [6.45, 7) is 7.41. The van der Waals surface area contributed by atoms with E-state index in [9.17, 15) is 5.11 Å². The Morgan fingerprint density at radius 2 is 1.94 bits per heavy atom. The summed E-state index contributed by atoms with van der Waals surface area (Å²) in [5.74, 6) is 1.26. The lowest BCUT2D eigenvalue weighted by Gasteiger charge is -2.45. The van der Waals surface area contributed by atoms with Crippen LogP contribution in [0.3, 0.4) is 0 Å². The summed E-state index contributed by atoms with van der Waals surface area (Å²) < 4.78 is 0. The van der Waals surface area contributed by atoms with Gasteiger partial charge in [-0.2, -0.15) is 11.8 Å². The summed E-state index contributed by atoms with van der Waals surface area (Å²) in [6, 6.07) is 0.666. The van der Waals surface area contributed by atoms with E-state index in [4.69, 9.17) is 0 Å². The van der Waals surface area contributed by atoms with E-state index in [1.165, 1.54) is 44.4 Å². The van der Waals surface area contributed by atoms with Crippen LogP contribution in [-0.2, 0) is 0 Å². The van der Waals surface area contributed by atoms with Gasteiger partial charge in [-0.3, -0.25) is 4.90 Å². The van der Waals surface area contributed by atoms with Gasteiger partial charge in [-0.15, -0.1) is 0 Å². The zero-order chi connectivity index (χ0) is 12.3. The van der Waals surface area contributed by atoms with Crippen LogP contribution in [0.4, 0.5) is 0 Å². The van der Waals surface area contributed by atoms with Crippen LogP contribution in [0.15, 0.2) is 0 Å². The highest BCUT2D eigenvalue weighted by Gasteiger charge is 2.36. The van der Waals surface area contributed by atoms with E-state index in [1.54, 1.807) is 0 Å². The van der Waals surface area contributed by atoms with E-state index in [2.05, 4.69) is 30.5 Å². The minimum atomic E-state index is 0.217. The maximum Gasteiger partial charge on any atom is 0.0499 e. The first-order valence-corrected chi connectivity index (χ1v) is 8.18. The Morgan fingerprint density at radius 3 is 2.59 bits per heavy atom. The van der Waals surface area contributed by atoms with Gasteiger partial charge in [0.05, 0.1) is 0 Å². The Hall–Kier alpha value is 0.270. The Morgan fingerprint density at radius 1 is 1.24 bits per heavy atom. The number of nitrogens with zero attached hydrogens (tertiary/aromatic N) is 1. The molecule has 2 atom stereocenters. The summed E-state index contributed by atoms with van der Waals surface area (Å²) >= 11 is 2.09. The normalized spacial score (nSPS) is 34.8. The number of aliphatic hydroxyl groups is 1. The molecule has 1 heterocycles. The van der Waals surface area contributed by atoms with Crippen LogP contribution in [0, 0.1) is 5.41 Å². The van der Waals surface area contributed by atoms with Crippen molar-refractivity contribution in [3.05, 3.63) is 0 Å². The molecule has 0 aromatic carbocycles. The minimum absolute atomic E-state index is 0.217. The summed E-state index contributed by atoms with van der Waals surface area (Å²) in [5.41, 5.74) is 0.217. The molecule has 2 aliphatic rings. The highest BCUT2D eigenvalue weighted by atomic mass is 32.2. The van der Waals surface area contributed by atoms with Gasteiger partial charge in [0.15, 0.2) is 0 Å². The third-order valence-electron chi connectivity index (χ3n) is 4.80. The van der Waals surface area contributed by atoms with Crippen molar-refractivity contribution in [1.29, 1.82) is 0 Å². The lowest BCUT2D eigenvalue weighted by molar-refractivity contribution is 0.0287. The summed E-state index contributed by atoms with van der Waals surface area (Å²) in [6.07, 6.45) is 6.45. The van der Waals surface area contributed by atoms with Crippen molar-refractivity contribution in [3.63, 3.8) is 0 Å². The molecule has 1 aliphatic heterocycles. The topological polar surface area (TPSA) is 23.5 Å². The minimum Gasteiger partial charge on any atom is -0.396 e. The van der Waals surface area contributed by atoms with Crippen molar-refractivity contribution in [2.45, 2.75) is 57.2 Å². The molecule has 0 radical (unpaired) electrons. The monoisotopic (exact) mass is 257 g/mol.